The molecule has 3 heterocycles. The number of fused-ring (bicyclic) bond motifs is 1. The van der Waals surface area contributed by atoms with Crippen LogP contribution in [0.25, 0.3) is 5.65 Å². The van der Waals surface area contributed by atoms with E-state index in [1.807, 2.05) is 18.3 Å². The van der Waals surface area contributed by atoms with E-state index in [4.69, 9.17) is 28.9 Å². The van der Waals surface area contributed by atoms with E-state index in [-0.39, 0.29) is 6.04 Å². The van der Waals surface area contributed by atoms with Crippen molar-refractivity contribution in [2.75, 3.05) is 18.0 Å². The van der Waals surface area contributed by atoms with Gasteiger partial charge in [-0.05, 0) is 31.4 Å². The largest absolute Gasteiger partial charge is 0.341 e. The van der Waals surface area contributed by atoms with Gasteiger partial charge in [-0.1, -0.05) is 41.0 Å². The number of hydrogen-bond donors (Lipinski definition) is 1. The van der Waals surface area contributed by atoms with Crippen molar-refractivity contribution >= 4 is 46.6 Å². The van der Waals surface area contributed by atoms with Crippen LogP contribution in [0.3, 0.4) is 0 Å². The smallest absolute Gasteiger partial charge is 0.228 e. The molecule has 0 aliphatic carbocycles. The molecule has 1 saturated heterocycles. The summed E-state index contributed by atoms with van der Waals surface area (Å²) < 4.78 is 1.79. The molecule has 1 aliphatic heterocycles. The highest BCUT2D eigenvalue weighted by Crippen LogP contribution is 2.38. The van der Waals surface area contributed by atoms with Gasteiger partial charge in [-0.25, -0.2) is 9.97 Å². The summed E-state index contributed by atoms with van der Waals surface area (Å²) in [6.45, 7) is 1.79. The Bertz CT molecular complexity index is 931. The van der Waals surface area contributed by atoms with Gasteiger partial charge >= 0.3 is 0 Å². The molecule has 3 aromatic rings. The molecule has 0 bridgehead atoms. The average Bonchev–Trinajstić information content (AvgIpc) is 3.03. The van der Waals surface area contributed by atoms with Crippen LogP contribution < -0.4 is 10.6 Å². The van der Waals surface area contributed by atoms with E-state index < -0.39 is 0 Å². The van der Waals surface area contributed by atoms with Gasteiger partial charge in [-0.2, -0.15) is 9.61 Å². The molecule has 2 N–H and O–H groups in total. The number of hydrogen-bond acceptors (Lipinski definition) is 6. The summed E-state index contributed by atoms with van der Waals surface area (Å²) in [5, 5.41) is 5.44. The molecule has 1 aromatic carbocycles. The molecular weight excluding hydrogens is 391 g/mol. The minimum Gasteiger partial charge on any atom is -0.341 e. The second kappa shape index (κ2) is 7.60. The van der Waals surface area contributed by atoms with Crippen molar-refractivity contribution < 1.29 is 0 Å². The van der Waals surface area contributed by atoms with Gasteiger partial charge in [0, 0.05) is 30.2 Å². The molecule has 1 atom stereocenters. The van der Waals surface area contributed by atoms with Crippen molar-refractivity contribution in [2.24, 2.45) is 5.73 Å². The summed E-state index contributed by atoms with van der Waals surface area (Å²) in [5.74, 6) is 0.799. The molecule has 26 heavy (non-hydrogen) atoms. The van der Waals surface area contributed by atoms with Crippen molar-refractivity contribution in [3.05, 3.63) is 40.8 Å². The van der Waals surface area contributed by atoms with Crippen molar-refractivity contribution in [1.82, 2.24) is 19.6 Å². The van der Waals surface area contributed by atoms with Gasteiger partial charge in [0.15, 0.2) is 5.65 Å². The fraction of sp³-hybridized carbons (Fsp3) is 0.353. The molecule has 4 rings (SSSR count). The van der Waals surface area contributed by atoms with Crippen LogP contribution in [-0.4, -0.2) is 38.7 Å². The van der Waals surface area contributed by atoms with Crippen molar-refractivity contribution in [3.8, 4) is 0 Å². The molecule has 0 radical (unpaired) electrons. The molecule has 1 aliphatic rings. The van der Waals surface area contributed by atoms with E-state index in [1.54, 1.807) is 16.9 Å². The predicted octanol–water partition coefficient (Wildman–Crippen LogP) is 3.90. The van der Waals surface area contributed by atoms with E-state index >= 15 is 0 Å². The Balaban J connectivity index is 1.69. The maximum absolute atomic E-state index is 6.32. The van der Waals surface area contributed by atoms with Gasteiger partial charge in [-0.15, -0.1) is 0 Å². The zero-order valence-corrected chi connectivity index (χ0v) is 16.3. The molecule has 1 unspecified atom stereocenters. The van der Waals surface area contributed by atoms with Crippen LogP contribution in [0.15, 0.2) is 40.5 Å². The summed E-state index contributed by atoms with van der Waals surface area (Å²) in [4.78, 5) is 13.1. The molecule has 9 heteroatoms. The number of aromatic nitrogens is 4. The van der Waals surface area contributed by atoms with E-state index in [9.17, 15) is 0 Å². The Morgan fingerprint density at radius 3 is 2.88 bits per heavy atom. The fourth-order valence-corrected chi connectivity index (χ4v) is 4.47. The van der Waals surface area contributed by atoms with Crippen LogP contribution >= 0.6 is 35.0 Å². The molecule has 1 fully saturated rings. The predicted molar refractivity (Wildman–Crippen MR) is 105 cm³/mol. The summed E-state index contributed by atoms with van der Waals surface area (Å²) in [7, 11) is 0. The van der Waals surface area contributed by atoms with E-state index in [0.29, 0.717) is 10.0 Å². The van der Waals surface area contributed by atoms with Crippen LogP contribution in [0, 0.1) is 0 Å². The Hall–Kier alpha value is -1.54. The lowest BCUT2D eigenvalue weighted by atomic mass is 10.1. The number of nitrogens with zero attached hydrogens (tertiary/aromatic N) is 5. The van der Waals surface area contributed by atoms with Crippen LogP contribution in [0.5, 0.6) is 0 Å². The SMILES string of the molecule is NC1CCCN(c2ncc(Sc3cccc(Cl)c3Cl)c3ncnn23)CC1. The van der Waals surface area contributed by atoms with Crippen LogP contribution in [0.4, 0.5) is 5.95 Å². The van der Waals surface area contributed by atoms with Gasteiger partial charge in [0.2, 0.25) is 5.95 Å². The molecule has 0 spiro atoms. The van der Waals surface area contributed by atoms with Gasteiger partial charge in [0.05, 0.1) is 14.9 Å². The second-order valence-corrected chi connectivity index (χ2v) is 8.12. The third-order valence-electron chi connectivity index (χ3n) is 4.45. The number of anilines is 1. The summed E-state index contributed by atoms with van der Waals surface area (Å²) >= 11 is 13.9. The molecule has 136 valence electrons. The zero-order valence-electron chi connectivity index (χ0n) is 14.0. The van der Waals surface area contributed by atoms with Crippen LogP contribution in [0.2, 0.25) is 10.0 Å². The van der Waals surface area contributed by atoms with Crippen LogP contribution in [-0.2, 0) is 0 Å². The first-order valence-electron chi connectivity index (χ1n) is 8.44. The molecular formula is C17H18Cl2N6S. The fourth-order valence-electron chi connectivity index (χ4n) is 3.08. The molecule has 6 nitrogen and oxygen atoms in total. The first-order valence-corrected chi connectivity index (χ1v) is 10.0. The number of halogens is 2. The lowest BCUT2D eigenvalue weighted by Gasteiger charge is -2.22. The highest BCUT2D eigenvalue weighted by Gasteiger charge is 2.20. The minimum absolute atomic E-state index is 0.256. The first kappa shape index (κ1) is 17.9. The van der Waals surface area contributed by atoms with Gasteiger partial charge in [0.25, 0.3) is 0 Å². The van der Waals surface area contributed by atoms with Crippen molar-refractivity contribution in [3.63, 3.8) is 0 Å². The van der Waals surface area contributed by atoms with Crippen LogP contribution in [0.1, 0.15) is 19.3 Å². The molecule has 2 aromatic heterocycles. The lowest BCUT2D eigenvalue weighted by molar-refractivity contribution is 0.601. The second-order valence-electron chi connectivity index (χ2n) is 6.25. The molecule has 0 saturated carbocycles. The topological polar surface area (TPSA) is 72.3 Å². The first-order chi connectivity index (χ1) is 12.6. The highest BCUT2D eigenvalue weighted by molar-refractivity contribution is 7.99. The monoisotopic (exact) mass is 408 g/mol. The van der Waals surface area contributed by atoms with Crippen molar-refractivity contribution in [2.45, 2.75) is 35.1 Å². The standard InChI is InChI=1S/C17H18Cl2N6S/c18-12-4-1-5-13(15(12)19)26-14-9-21-17(25-16(14)22-10-23-25)24-7-2-3-11(20)6-8-24/h1,4-5,9-11H,2-3,6-8,20H2. The van der Waals surface area contributed by atoms with Gasteiger partial charge in [-0.3, -0.25) is 0 Å². The van der Waals surface area contributed by atoms with Gasteiger partial charge in [0.1, 0.15) is 6.33 Å². The van der Waals surface area contributed by atoms with Gasteiger partial charge < -0.3 is 10.6 Å². The summed E-state index contributed by atoms with van der Waals surface area (Å²) in [5.41, 5.74) is 6.85. The van der Waals surface area contributed by atoms with E-state index in [0.717, 1.165) is 53.7 Å². The number of rotatable bonds is 3. The maximum Gasteiger partial charge on any atom is 0.228 e. The maximum atomic E-state index is 6.32. The third-order valence-corrected chi connectivity index (χ3v) is 6.45. The minimum atomic E-state index is 0.256. The zero-order chi connectivity index (χ0) is 18.1. The Kier molecular flexibility index (Phi) is 5.22. The number of benzene rings is 1. The van der Waals surface area contributed by atoms with E-state index in [1.165, 1.54) is 11.8 Å². The summed E-state index contributed by atoms with van der Waals surface area (Å²) in [6, 6.07) is 5.83. The lowest BCUT2D eigenvalue weighted by Crippen LogP contribution is -2.29. The molecule has 0 amide bonds. The summed E-state index contributed by atoms with van der Waals surface area (Å²) in [6.07, 6.45) is 6.41. The Morgan fingerprint density at radius 2 is 2.00 bits per heavy atom. The Labute approximate surface area is 165 Å². The quantitative estimate of drug-likeness (QED) is 0.708. The average molecular weight is 409 g/mol. The van der Waals surface area contributed by atoms with Crippen molar-refractivity contribution in [1.29, 1.82) is 0 Å². The highest BCUT2D eigenvalue weighted by atomic mass is 35.5. The Morgan fingerprint density at radius 1 is 1.12 bits per heavy atom. The number of nitrogens with two attached hydrogens (primary N) is 1. The normalized spacial score (nSPS) is 18.3. The van der Waals surface area contributed by atoms with E-state index in [2.05, 4.69) is 20.0 Å². The third kappa shape index (κ3) is 3.49.